The highest BCUT2D eigenvalue weighted by Gasteiger charge is 2.13. The molecule has 1 aliphatic heterocycles. The van der Waals surface area contributed by atoms with Gasteiger partial charge in [-0.15, -0.1) is 0 Å². The normalized spacial score (nSPS) is 15.0. The molecule has 1 aliphatic rings. The summed E-state index contributed by atoms with van der Waals surface area (Å²) >= 11 is 5.87. The zero-order valence-electron chi connectivity index (χ0n) is 14.7. The summed E-state index contributed by atoms with van der Waals surface area (Å²) in [7, 11) is 0. The second kappa shape index (κ2) is 10.4. The predicted octanol–water partition coefficient (Wildman–Crippen LogP) is 1.53. The largest absolute Gasteiger partial charge is 0.379 e. The maximum absolute atomic E-state index is 12.0. The molecular formula is C18H26ClN3O3. The van der Waals surface area contributed by atoms with Gasteiger partial charge in [0.2, 0.25) is 11.8 Å². The molecule has 25 heavy (non-hydrogen) atoms. The van der Waals surface area contributed by atoms with Crippen molar-refractivity contribution < 1.29 is 14.3 Å². The van der Waals surface area contributed by atoms with Gasteiger partial charge in [-0.25, -0.2) is 0 Å². The summed E-state index contributed by atoms with van der Waals surface area (Å²) in [5.74, 6) is -0.0771. The lowest BCUT2D eigenvalue weighted by atomic mass is 10.2. The highest BCUT2D eigenvalue weighted by atomic mass is 35.5. The molecule has 0 aromatic heterocycles. The maximum Gasteiger partial charge on any atom is 0.221 e. The Morgan fingerprint density at radius 3 is 2.56 bits per heavy atom. The van der Waals surface area contributed by atoms with Crippen molar-refractivity contribution >= 4 is 23.4 Å². The van der Waals surface area contributed by atoms with E-state index in [0.29, 0.717) is 31.1 Å². The number of carbonyl (C=O) groups is 2. The van der Waals surface area contributed by atoms with E-state index in [2.05, 4.69) is 10.2 Å². The van der Waals surface area contributed by atoms with Crippen LogP contribution in [0.1, 0.15) is 18.9 Å². The Labute approximate surface area is 154 Å². The summed E-state index contributed by atoms with van der Waals surface area (Å²) < 4.78 is 5.30. The first-order chi connectivity index (χ1) is 12.0. The molecule has 0 atom stereocenters. The molecule has 7 heteroatoms. The van der Waals surface area contributed by atoms with Gasteiger partial charge in [0.05, 0.1) is 13.2 Å². The summed E-state index contributed by atoms with van der Waals surface area (Å²) in [5, 5.41) is 3.58. The van der Waals surface area contributed by atoms with E-state index in [-0.39, 0.29) is 11.8 Å². The van der Waals surface area contributed by atoms with Gasteiger partial charge in [-0.1, -0.05) is 23.7 Å². The van der Waals surface area contributed by atoms with Gasteiger partial charge in [0.25, 0.3) is 0 Å². The Hall–Kier alpha value is -1.63. The topological polar surface area (TPSA) is 61.9 Å². The number of benzene rings is 1. The van der Waals surface area contributed by atoms with Crippen molar-refractivity contribution in [1.82, 2.24) is 15.1 Å². The Balaban J connectivity index is 1.69. The Morgan fingerprint density at radius 2 is 1.92 bits per heavy atom. The van der Waals surface area contributed by atoms with E-state index < -0.39 is 0 Å². The molecule has 1 aromatic carbocycles. The summed E-state index contributed by atoms with van der Waals surface area (Å²) in [5.41, 5.74) is 0.993. The third-order valence-electron chi connectivity index (χ3n) is 4.19. The molecule has 0 spiro atoms. The summed E-state index contributed by atoms with van der Waals surface area (Å²) in [6.07, 6.45) is 0.302. The van der Waals surface area contributed by atoms with Crippen LogP contribution in [-0.2, 0) is 20.9 Å². The molecular weight excluding hydrogens is 342 g/mol. The minimum Gasteiger partial charge on any atom is -0.379 e. The van der Waals surface area contributed by atoms with Crippen molar-refractivity contribution in [3.8, 4) is 0 Å². The van der Waals surface area contributed by atoms with Gasteiger partial charge in [0.15, 0.2) is 0 Å². The number of hydrogen-bond acceptors (Lipinski definition) is 4. The predicted molar refractivity (Wildman–Crippen MR) is 97.4 cm³/mol. The number of nitrogens with zero attached hydrogens (tertiary/aromatic N) is 2. The van der Waals surface area contributed by atoms with Gasteiger partial charge >= 0.3 is 0 Å². The molecule has 0 unspecified atom stereocenters. The molecule has 2 amide bonds. The molecule has 1 aromatic rings. The number of morpholine rings is 1. The highest BCUT2D eigenvalue weighted by molar-refractivity contribution is 6.30. The zero-order valence-corrected chi connectivity index (χ0v) is 15.4. The molecule has 1 N–H and O–H groups in total. The van der Waals surface area contributed by atoms with Gasteiger partial charge in [0, 0.05) is 57.6 Å². The van der Waals surface area contributed by atoms with E-state index >= 15 is 0 Å². The standard InChI is InChI=1S/C18H26ClN3O3/c1-15(23)22(14-16-2-4-17(19)5-3-16)8-6-18(24)20-7-9-21-10-12-25-13-11-21/h2-5H,6-14H2,1H3,(H,20,24). The van der Waals surface area contributed by atoms with Crippen LogP contribution in [0.25, 0.3) is 0 Å². The third-order valence-corrected chi connectivity index (χ3v) is 4.45. The highest BCUT2D eigenvalue weighted by Crippen LogP contribution is 2.12. The first-order valence-corrected chi connectivity index (χ1v) is 8.99. The van der Waals surface area contributed by atoms with E-state index in [0.717, 1.165) is 38.4 Å². The molecule has 0 radical (unpaired) electrons. The van der Waals surface area contributed by atoms with E-state index in [1.54, 1.807) is 17.0 Å². The SMILES string of the molecule is CC(=O)N(CCC(=O)NCCN1CCOCC1)Cc1ccc(Cl)cc1. The smallest absolute Gasteiger partial charge is 0.221 e. The van der Waals surface area contributed by atoms with Crippen LogP contribution in [0.3, 0.4) is 0 Å². The van der Waals surface area contributed by atoms with Crippen LogP contribution in [0.2, 0.25) is 5.02 Å². The third kappa shape index (κ3) is 7.42. The molecule has 6 nitrogen and oxygen atoms in total. The monoisotopic (exact) mass is 367 g/mol. The minimum absolute atomic E-state index is 0.0318. The first kappa shape index (κ1) is 19.7. The number of hydrogen-bond donors (Lipinski definition) is 1. The second-order valence-corrected chi connectivity index (χ2v) is 6.56. The van der Waals surface area contributed by atoms with Gasteiger partial charge in [0.1, 0.15) is 0 Å². The van der Waals surface area contributed by atoms with Crippen LogP contribution >= 0.6 is 11.6 Å². The molecule has 2 rings (SSSR count). The van der Waals surface area contributed by atoms with Gasteiger partial charge < -0.3 is 15.0 Å². The average Bonchev–Trinajstić information content (AvgIpc) is 2.61. The van der Waals surface area contributed by atoms with Crippen LogP contribution in [0.4, 0.5) is 0 Å². The number of halogens is 1. The van der Waals surface area contributed by atoms with Gasteiger partial charge in [-0.05, 0) is 17.7 Å². The fourth-order valence-electron chi connectivity index (χ4n) is 2.66. The van der Waals surface area contributed by atoms with Crippen LogP contribution in [0, 0.1) is 0 Å². The fourth-order valence-corrected chi connectivity index (χ4v) is 2.79. The number of ether oxygens (including phenoxy) is 1. The average molecular weight is 368 g/mol. The zero-order chi connectivity index (χ0) is 18.1. The lowest BCUT2D eigenvalue weighted by molar-refractivity contribution is -0.130. The fraction of sp³-hybridized carbons (Fsp3) is 0.556. The van der Waals surface area contributed by atoms with Crippen molar-refractivity contribution in [2.45, 2.75) is 19.9 Å². The summed E-state index contributed by atoms with van der Waals surface area (Å²) in [4.78, 5) is 27.7. The molecule has 1 fully saturated rings. The minimum atomic E-state index is -0.0453. The quantitative estimate of drug-likeness (QED) is 0.757. The molecule has 0 saturated carbocycles. The molecule has 138 valence electrons. The Bertz CT molecular complexity index is 559. The Morgan fingerprint density at radius 1 is 1.24 bits per heavy atom. The number of nitrogens with one attached hydrogen (secondary N) is 1. The van der Waals surface area contributed by atoms with Crippen molar-refractivity contribution in [3.05, 3.63) is 34.9 Å². The number of rotatable bonds is 8. The molecule has 0 bridgehead atoms. The lowest BCUT2D eigenvalue weighted by Gasteiger charge is -2.26. The number of amides is 2. The van der Waals surface area contributed by atoms with Gasteiger partial charge in [-0.3, -0.25) is 14.5 Å². The number of carbonyl (C=O) groups excluding carboxylic acids is 2. The molecule has 0 aliphatic carbocycles. The van der Waals surface area contributed by atoms with Crippen molar-refractivity contribution in [2.75, 3.05) is 45.9 Å². The van der Waals surface area contributed by atoms with Crippen molar-refractivity contribution in [1.29, 1.82) is 0 Å². The van der Waals surface area contributed by atoms with Crippen LogP contribution in [0.5, 0.6) is 0 Å². The van der Waals surface area contributed by atoms with Crippen LogP contribution < -0.4 is 5.32 Å². The Kier molecular flexibility index (Phi) is 8.18. The van der Waals surface area contributed by atoms with E-state index in [1.165, 1.54) is 6.92 Å². The molecule has 1 saturated heterocycles. The summed E-state index contributed by atoms with van der Waals surface area (Å²) in [6.45, 7) is 7.19. The van der Waals surface area contributed by atoms with E-state index in [1.807, 2.05) is 12.1 Å². The first-order valence-electron chi connectivity index (χ1n) is 8.61. The summed E-state index contributed by atoms with van der Waals surface area (Å²) in [6, 6.07) is 7.38. The van der Waals surface area contributed by atoms with Gasteiger partial charge in [-0.2, -0.15) is 0 Å². The lowest BCUT2D eigenvalue weighted by Crippen LogP contribution is -2.41. The second-order valence-electron chi connectivity index (χ2n) is 6.12. The van der Waals surface area contributed by atoms with E-state index in [9.17, 15) is 9.59 Å². The van der Waals surface area contributed by atoms with Crippen LogP contribution in [-0.4, -0.2) is 67.6 Å². The maximum atomic E-state index is 12.0. The molecule has 1 heterocycles. The van der Waals surface area contributed by atoms with Crippen LogP contribution in [0.15, 0.2) is 24.3 Å². The van der Waals surface area contributed by atoms with Crippen molar-refractivity contribution in [3.63, 3.8) is 0 Å². The van der Waals surface area contributed by atoms with Crippen molar-refractivity contribution in [2.24, 2.45) is 0 Å². The van der Waals surface area contributed by atoms with E-state index in [4.69, 9.17) is 16.3 Å².